The van der Waals surface area contributed by atoms with Gasteiger partial charge in [-0.05, 0) is 24.3 Å². The molecule has 0 unspecified atom stereocenters. The molecule has 0 amide bonds. The molecule has 84 valence electrons. The summed E-state index contributed by atoms with van der Waals surface area (Å²) in [6.45, 7) is 0.0174. The Hall–Kier alpha value is -1.95. The fourth-order valence-corrected chi connectivity index (χ4v) is 1.22. The van der Waals surface area contributed by atoms with Crippen LogP contribution in [0.4, 0.5) is 4.39 Å². The molecule has 1 aromatic heterocycles. The predicted octanol–water partition coefficient (Wildman–Crippen LogP) is 1.25. The summed E-state index contributed by atoms with van der Waals surface area (Å²) in [4.78, 5) is 11.2. The third-order valence-corrected chi connectivity index (χ3v) is 1.95. The van der Waals surface area contributed by atoms with Gasteiger partial charge in [0, 0.05) is 12.7 Å². The third-order valence-electron chi connectivity index (χ3n) is 1.95. The van der Waals surface area contributed by atoms with Crippen molar-refractivity contribution in [2.75, 3.05) is 7.11 Å². The van der Waals surface area contributed by atoms with Crippen LogP contribution in [-0.4, -0.2) is 16.9 Å². The van der Waals surface area contributed by atoms with E-state index < -0.39 is 5.76 Å². The van der Waals surface area contributed by atoms with Crippen LogP contribution in [0.5, 0.6) is 0 Å². The molecule has 1 heterocycles. The summed E-state index contributed by atoms with van der Waals surface area (Å²) in [5.74, 6) is -0.828. The van der Waals surface area contributed by atoms with Crippen molar-refractivity contribution in [3.05, 3.63) is 40.6 Å². The Morgan fingerprint density at radius 2 is 2.12 bits per heavy atom. The summed E-state index contributed by atoms with van der Waals surface area (Å²) in [7, 11) is 1.44. The second kappa shape index (κ2) is 4.28. The van der Waals surface area contributed by atoms with Crippen LogP contribution in [0.25, 0.3) is 11.5 Å². The molecule has 0 saturated carbocycles. The van der Waals surface area contributed by atoms with Crippen LogP contribution in [-0.2, 0) is 11.5 Å². The van der Waals surface area contributed by atoms with Gasteiger partial charge >= 0.3 is 5.76 Å². The highest BCUT2D eigenvalue weighted by molar-refractivity contribution is 5.51. The lowest BCUT2D eigenvalue weighted by Gasteiger charge is -1.94. The lowest BCUT2D eigenvalue weighted by molar-refractivity contribution is 0.115. The monoisotopic (exact) mass is 224 g/mol. The smallest absolute Gasteiger partial charge is 0.388 e. The maximum absolute atomic E-state index is 12.7. The Balaban J connectivity index is 2.37. The third kappa shape index (κ3) is 2.01. The number of methoxy groups -OCH3 is 1. The zero-order valence-electron chi connectivity index (χ0n) is 8.51. The summed E-state index contributed by atoms with van der Waals surface area (Å²) < 4.78 is 23.4. The van der Waals surface area contributed by atoms with E-state index in [4.69, 9.17) is 9.15 Å². The van der Waals surface area contributed by atoms with Crippen molar-refractivity contribution in [1.29, 1.82) is 0 Å². The second-order valence-electron chi connectivity index (χ2n) is 3.10. The summed E-state index contributed by atoms with van der Waals surface area (Å²) in [5, 5.41) is 3.89. The molecular weight excluding hydrogens is 215 g/mol. The van der Waals surface area contributed by atoms with Gasteiger partial charge in [0.05, 0.1) is 0 Å². The Labute approximate surface area is 90.1 Å². The molecule has 2 rings (SSSR count). The maximum atomic E-state index is 12.7. The minimum Gasteiger partial charge on any atom is -0.388 e. The van der Waals surface area contributed by atoms with Gasteiger partial charge in [0.15, 0.2) is 0 Å². The van der Waals surface area contributed by atoms with Crippen molar-refractivity contribution in [3.8, 4) is 11.5 Å². The lowest BCUT2D eigenvalue weighted by atomic mass is 10.2. The molecular formula is C10H9FN2O3. The van der Waals surface area contributed by atoms with Crippen molar-refractivity contribution >= 4 is 0 Å². The number of rotatable bonds is 3. The highest BCUT2D eigenvalue weighted by Crippen LogP contribution is 2.15. The molecule has 0 aliphatic rings. The van der Waals surface area contributed by atoms with E-state index in [9.17, 15) is 9.18 Å². The van der Waals surface area contributed by atoms with Crippen LogP contribution < -0.4 is 5.76 Å². The number of aromatic nitrogens is 2. The largest absolute Gasteiger partial charge is 0.439 e. The Morgan fingerprint density at radius 3 is 2.75 bits per heavy atom. The van der Waals surface area contributed by atoms with Crippen LogP contribution in [0.15, 0.2) is 33.5 Å². The molecule has 0 saturated heterocycles. The Bertz CT molecular complexity index is 530. The standard InChI is InChI=1S/C10H9FN2O3/c1-15-6-13-10(14)16-9(12-13)7-2-4-8(11)5-3-7/h2-5H,6H2,1H3. The number of nitrogens with zero attached hydrogens (tertiary/aromatic N) is 2. The zero-order valence-corrected chi connectivity index (χ0v) is 8.51. The van der Waals surface area contributed by atoms with Crippen molar-refractivity contribution < 1.29 is 13.5 Å². The predicted molar refractivity (Wildman–Crippen MR) is 53.2 cm³/mol. The Morgan fingerprint density at radius 1 is 1.44 bits per heavy atom. The highest BCUT2D eigenvalue weighted by atomic mass is 19.1. The van der Waals surface area contributed by atoms with E-state index in [0.717, 1.165) is 4.68 Å². The van der Waals surface area contributed by atoms with Crippen LogP contribution >= 0.6 is 0 Å². The van der Waals surface area contributed by atoms with Crippen LogP contribution in [0, 0.1) is 5.82 Å². The van der Waals surface area contributed by atoms with Gasteiger partial charge < -0.3 is 9.15 Å². The van der Waals surface area contributed by atoms with Gasteiger partial charge in [-0.1, -0.05) is 0 Å². The van der Waals surface area contributed by atoms with Crippen LogP contribution in [0.2, 0.25) is 0 Å². The number of ether oxygens (including phenoxy) is 1. The number of hydrogen-bond acceptors (Lipinski definition) is 4. The van der Waals surface area contributed by atoms with Gasteiger partial charge in [0.2, 0.25) is 5.89 Å². The first-order valence-corrected chi connectivity index (χ1v) is 4.53. The quantitative estimate of drug-likeness (QED) is 0.787. The molecule has 5 nitrogen and oxygen atoms in total. The molecule has 2 aromatic rings. The summed E-state index contributed by atoms with van der Waals surface area (Å²) in [6, 6.07) is 5.50. The van der Waals surface area contributed by atoms with E-state index in [0.29, 0.717) is 5.56 Å². The fourth-order valence-electron chi connectivity index (χ4n) is 1.22. The average Bonchev–Trinajstić information content (AvgIpc) is 2.62. The van der Waals surface area contributed by atoms with Gasteiger partial charge in [0.1, 0.15) is 12.5 Å². The first kappa shape index (κ1) is 10.6. The minimum absolute atomic E-state index is 0.0174. The molecule has 1 aromatic carbocycles. The molecule has 0 bridgehead atoms. The van der Waals surface area contributed by atoms with Crippen molar-refractivity contribution in [3.63, 3.8) is 0 Å². The lowest BCUT2D eigenvalue weighted by Crippen LogP contribution is -2.16. The topological polar surface area (TPSA) is 57.3 Å². The highest BCUT2D eigenvalue weighted by Gasteiger charge is 2.09. The SMILES string of the molecule is COCn1nc(-c2ccc(F)cc2)oc1=O. The first-order valence-electron chi connectivity index (χ1n) is 4.53. The van der Waals surface area contributed by atoms with Gasteiger partial charge in [-0.2, -0.15) is 4.68 Å². The van der Waals surface area contributed by atoms with Gasteiger partial charge in [0.25, 0.3) is 0 Å². The molecule has 6 heteroatoms. The van der Waals surface area contributed by atoms with Crippen LogP contribution in [0.3, 0.4) is 0 Å². The van der Waals surface area contributed by atoms with E-state index in [1.54, 1.807) is 0 Å². The molecule has 0 fully saturated rings. The summed E-state index contributed by atoms with van der Waals surface area (Å²) in [6.07, 6.45) is 0. The van der Waals surface area contributed by atoms with E-state index in [1.807, 2.05) is 0 Å². The minimum atomic E-state index is -0.610. The molecule has 0 atom stereocenters. The number of halogens is 1. The first-order chi connectivity index (χ1) is 7.70. The number of hydrogen-bond donors (Lipinski definition) is 0. The maximum Gasteiger partial charge on any atom is 0.439 e. The number of benzene rings is 1. The van der Waals surface area contributed by atoms with Crippen LogP contribution in [0.1, 0.15) is 0 Å². The zero-order chi connectivity index (χ0) is 11.5. The second-order valence-corrected chi connectivity index (χ2v) is 3.10. The Kier molecular flexibility index (Phi) is 2.82. The molecule has 0 radical (unpaired) electrons. The van der Waals surface area contributed by atoms with E-state index in [1.165, 1.54) is 31.4 Å². The van der Waals surface area contributed by atoms with E-state index >= 15 is 0 Å². The van der Waals surface area contributed by atoms with E-state index in [2.05, 4.69) is 5.10 Å². The molecule has 0 aliphatic carbocycles. The van der Waals surface area contributed by atoms with Gasteiger partial charge in [-0.15, -0.1) is 5.10 Å². The van der Waals surface area contributed by atoms with Crippen molar-refractivity contribution in [2.24, 2.45) is 0 Å². The summed E-state index contributed by atoms with van der Waals surface area (Å²) in [5.41, 5.74) is 0.536. The molecule has 0 aliphatic heterocycles. The van der Waals surface area contributed by atoms with Crippen molar-refractivity contribution in [1.82, 2.24) is 9.78 Å². The van der Waals surface area contributed by atoms with Gasteiger partial charge in [-0.3, -0.25) is 0 Å². The van der Waals surface area contributed by atoms with Gasteiger partial charge in [-0.25, -0.2) is 9.18 Å². The van der Waals surface area contributed by atoms with Crippen molar-refractivity contribution in [2.45, 2.75) is 6.73 Å². The summed E-state index contributed by atoms with van der Waals surface area (Å²) >= 11 is 0. The molecule has 0 N–H and O–H groups in total. The normalized spacial score (nSPS) is 10.6. The van der Waals surface area contributed by atoms with E-state index in [-0.39, 0.29) is 18.4 Å². The average molecular weight is 224 g/mol. The molecule has 0 spiro atoms. The molecule has 16 heavy (non-hydrogen) atoms. The fraction of sp³-hybridized carbons (Fsp3) is 0.200.